The monoisotopic (exact) mass is 275 g/mol. The fraction of sp³-hybridized carbons (Fsp3) is 0.667. The van der Waals surface area contributed by atoms with Crippen LogP contribution in [0.15, 0.2) is 24.3 Å². The summed E-state index contributed by atoms with van der Waals surface area (Å²) >= 11 is 0. The Balaban J connectivity index is 1.47. The lowest BCUT2D eigenvalue weighted by atomic mass is 9.74. The van der Waals surface area contributed by atoms with Gasteiger partial charge in [-0.05, 0) is 56.1 Å². The van der Waals surface area contributed by atoms with Crippen molar-refractivity contribution < 1.29 is 4.39 Å². The Morgan fingerprint density at radius 3 is 2.50 bits per heavy atom. The number of hydrogen-bond donors (Lipinski definition) is 1. The fourth-order valence-electron chi connectivity index (χ4n) is 3.96. The first-order chi connectivity index (χ1) is 9.74. The van der Waals surface area contributed by atoms with E-state index in [2.05, 4.69) is 12.2 Å². The van der Waals surface area contributed by atoms with Gasteiger partial charge >= 0.3 is 0 Å². The van der Waals surface area contributed by atoms with E-state index >= 15 is 0 Å². The Morgan fingerprint density at radius 1 is 1.10 bits per heavy atom. The Kier molecular flexibility index (Phi) is 4.40. The highest BCUT2D eigenvalue weighted by Gasteiger charge is 2.33. The van der Waals surface area contributed by atoms with Crippen LogP contribution >= 0.6 is 0 Å². The highest BCUT2D eigenvalue weighted by atomic mass is 19.1. The van der Waals surface area contributed by atoms with Crippen molar-refractivity contribution in [3.63, 3.8) is 0 Å². The lowest BCUT2D eigenvalue weighted by Crippen LogP contribution is -2.47. The van der Waals surface area contributed by atoms with E-state index in [0.29, 0.717) is 18.0 Å². The van der Waals surface area contributed by atoms with Crippen molar-refractivity contribution >= 4 is 0 Å². The number of halogens is 1. The van der Waals surface area contributed by atoms with Crippen molar-refractivity contribution in [2.75, 3.05) is 0 Å². The third kappa shape index (κ3) is 3.06. The van der Waals surface area contributed by atoms with E-state index in [1.54, 1.807) is 12.1 Å². The second kappa shape index (κ2) is 6.26. The highest BCUT2D eigenvalue weighted by molar-refractivity contribution is 5.24. The highest BCUT2D eigenvalue weighted by Crippen LogP contribution is 2.39. The van der Waals surface area contributed by atoms with Crippen LogP contribution in [-0.4, -0.2) is 12.1 Å². The first kappa shape index (κ1) is 14.1. The van der Waals surface area contributed by atoms with E-state index in [1.165, 1.54) is 32.1 Å². The molecule has 2 aliphatic carbocycles. The van der Waals surface area contributed by atoms with Crippen molar-refractivity contribution in [2.24, 2.45) is 5.92 Å². The lowest BCUT2D eigenvalue weighted by molar-refractivity contribution is 0.209. The SMILES string of the molecule is CC(NC1CC(c2ccccc2F)C1)C1CCCCC1. The molecular formula is C18H26FN. The topological polar surface area (TPSA) is 12.0 Å². The first-order valence-electron chi connectivity index (χ1n) is 8.24. The number of benzene rings is 1. The van der Waals surface area contributed by atoms with Gasteiger partial charge in [0.15, 0.2) is 0 Å². The maximum absolute atomic E-state index is 13.7. The molecule has 1 N–H and O–H groups in total. The first-order valence-corrected chi connectivity index (χ1v) is 8.24. The third-order valence-corrected chi connectivity index (χ3v) is 5.34. The molecule has 2 heteroatoms. The predicted molar refractivity (Wildman–Crippen MR) is 81.3 cm³/mol. The van der Waals surface area contributed by atoms with Crippen LogP contribution < -0.4 is 5.32 Å². The summed E-state index contributed by atoms with van der Waals surface area (Å²) in [6.45, 7) is 2.34. The second-order valence-electron chi connectivity index (χ2n) is 6.74. The summed E-state index contributed by atoms with van der Waals surface area (Å²) in [6, 6.07) is 8.47. The molecule has 0 spiro atoms. The average Bonchev–Trinajstić information content (AvgIpc) is 2.44. The zero-order valence-electron chi connectivity index (χ0n) is 12.4. The maximum Gasteiger partial charge on any atom is 0.126 e. The van der Waals surface area contributed by atoms with Crippen LogP contribution in [0.3, 0.4) is 0 Å². The molecular weight excluding hydrogens is 249 g/mol. The van der Waals surface area contributed by atoms with E-state index < -0.39 is 0 Å². The van der Waals surface area contributed by atoms with Gasteiger partial charge in [0, 0.05) is 12.1 Å². The van der Waals surface area contributed by atoms with Crippen LogP contribution in [0.4, 0.5) is 4.39 Å². The summed E-state index contributed by atoms with van der Waals surface area (Å²) in [5, 5.41) is 3.78. The molecule has 1 aromatic carbocycles. The Hall–Kier alpha value is -0.890. The van der Waals surface area contributed by atoms with Crippen molar-refractivity contribution in [1.82, 2.24) is 5.32 Å². The Labute approximate surface area is 122 Å². The van der Waals surface area contributed by atoms with Gasteiger partial charge in [-0.2, -0.15) is 0 Å². The minimum Gasteiger partial charge on any atom is -0.311 e. The fourth-order valence-corrected chi connectivity index (χ4v) is 3.96. The van der Waals surface area contributed by atoms with Gasteiger partial charge in [-0.3, -0.25) is 0 Å². The molecule has 0 aliphatic heterocycles. The van der Waals surface area contributed by atoms with Crippen LogP contribution in [0.25, 0.3) is 0 Å². The minimum absolute atomic E-state index is 0.0312. The van der Waals surface area contributed by atoms with Gasteiger partial charge < -0.3 is 5.32 Å². The minimum atomic E-state index is -0.0312. The number of rotatable bonds is 4. The molecule has 110 valence electrons. The second-order valence-corrected chi connectivity index (χ2v) is 6.74. The van der Waals surface area contributed by atoms with E-state index in [1.807, 2.05) is 12.1 Å². The normalized spacial score (nSPS) is 28.9. The van der Waals surface area contributed by atoms with Gasteiger partial charge in [-0.1, -0.05) is 37.5 Å². The summed E-state index contributed by atoms with van der Waals surface area (Å²) in [5.74, 6) is 1.25. The molecule has 0 radical (unpaired) electrons. The van der Waals surface area contributed by atoms with Crippen LogP contribution in [0.2, 0.25) is 0 Å². The largest absolute Gasteiger partial charge is 0.311 e. The molecule has 0 bridgehead atoms. The van der Waals surface area contributed by atoms with Crippen molar-refractivity contribution in [3.8, 4) is 0 Å². The summed E-state index contributed by atoms with van der Waals surface area (Å²) in [5.41, 5.74) is 0.913. The van der Waals surface area contributed by atoms with Crippen LogP contribution in [0.1, 0.15) is 63.4 Å². The van der Waals surface area contributed by atoms with Gasteiger partial charge in [0.25, 0.3) is 0 Å². The van der Waals surface area contributed by atoms with E-state index in [-0.39, 0.29) is 5.82 Å². The van der Waals surface area contributed by atoms with Crippen molar-refractivity contribution in [1.29, 1.82) is 0 Å². The van der Waals surface area contributed by atoms with Crippen LogP contribution in [-0.2, 0) is 0 Å². The van der Waals surface area contributed by atoms with E-state index in [9.17, 15) is 4.39 Å². The molecule has 0 amide bonds. The molecule has 3 rings (SSSR count). The summed E-state index contributed by atoms with van der Waals surface area (Å²) in [4.78, 5) is 0. The smallest absolute Gasteiger partial charge is 0.126 e. The van der Waals surface area contributed by atoms with E-state index in [0.717, 1.165) is 24.3 Å². The number of hydrogen-bond acceptors (Lipinski definition) is 1. The van der Waals surface area contributed by atoms with Crippen molar-refractivity contribution in [2.45, 2.75) is 69.9 Å². The molecule has 1 nitrogen and oxygen atoms in total. The third-order valence-electron chi connectivity index (χ3n) is 5.34. The van der Waals surface area contributed by atoms with E-state index in [4.69, 9.17) is 0 Å². The average molecular weight is 275 g/mol. The zero-order chi connectivity index (χ0) is 13.9. The molecule has 1 aromatic rings. The number of nitrogens with one attached hydrogen (secondary N) is 1. The van der Waals surface area contributed by atoms with Crippen LogP contribution in [0, 0.1) is 11.7 Å². The molecule has 2 aliphatic rings. The molecule has 2 fully saturated rings. The molecule has 1 atom stereocenters. The molecule has 0 aromatic heterocycles. The Bertz CT molecular complexity index is 433. The van der Waals surface area contributed by atoms with Gasteiger partial charge in [-0.15, -0.1) is 0 Å². The maximum atomic E-state index is 13.7. The van der Waals surface area contributed by atoms with Gasteiger partial charge in [0.1, 0.15) is 5.82 Å². The quantitative estimate of drug-likeness (QED) is 0.844. The molecule has 0 heterocycles. The standard InChI is InChI=1S/C18H26FN/c1-13(14-7-3-2-4-8-14)20-16-11-15(12-16)17-9-5-6-10-18(17)19/h5-6,9-10,13-16,20H,2-4,7-8,11-12H2,1H3. The van der Waals surface area contributed by atoms with Gasteiger partial charge in [0.05, 0.1) is 0 Å². The lowest BCUT2D eigenvalue weighted by Gasteiger charge is -2.40. The Morgan fingerprint density at radius 2 is 1.80 bits per heavy atom. The molecule has 20 heavy (non-hydrogen) atoms. The van der Waals surface area contributed by atoms with Crippen LogP contribution in [0.5, 0.6) is 0 Å². The molecule has 0 saturated heterocycles. The summed E-state index contributed by atoms with van der Waals surface area (Å²) < 4.78 is 13.7. The molecule has 1 unspecified atom stereocenters. The van der Waals surface area contributed by atoms with Gasteiger partial charge in [0.2, 0.25) is 0 Å². The summed E-state index contributed by atoms with van der Waals surface area (Å²) in [7, 11) is 0. The van der Waals surface area contributed by atoms with Gasteiger partial charge in [-0.25, -0.2) is 4.39 Å². The predicted octanol–water partition coefficient (Wildman–Crippen LogP) is 4.63. The summed E-state index contributed by atoms with van der Waals surface area (Å²) in [6.07, 6.45) is 9.19. The van der Waals surface area contributed by atoms with Crippen molar-refractivity contribution in [3.05, 3.63) is 35.6 Å². The zero-order valence-corrected chi connectivity index (χ0v) is 12.4. The molecule has 2 saturated carbocycles.